The second kappa shape index (κ2) is 10.9. The molecule has 0 aliphatic carbocycles. The van der Waals surface area contributed by atoms with Gasteiger partial charge in [0.2, 0.25) is 5.95 Å². The molecule has 0 spiro atoms. The molecule has 2 aliphatic heterocycles. The van der Waals surface area contributed by atoms with Gasteiger partial charge in [-0.05, 0) is 49.9 Å². The van der Waals surface area contributed by atoms with Gasteiger partial charge in [-0.2, -0.15) is 0 Å². The Kier molecular flexibility index (Phi) is 7.37. The summed E-state index contributed by atoms with van der Waals surface area (Å²) in [7, 11) is 1.61. The number of benzene rings is 1. The number of anilines is 2. The van der Waals surface area contributed by atoms with Crippen LogP contribution in [0, 0.1) is 11.6 Å². The molecule has 2 aromatic heterocycles. The molecule has 0 unspecified atom stereocenters. The summed E-state index contributed by atoms with van der Waals surface area (Å²) >= 11 is 0. The lowest BCUT2D eigenvalue weighted by atomic mass is 10.0. The zero-order valence-corrected chi connectivity index (χ0v) is 20.9. The minimum absolute atomic E-state index is 0.0103. The molecule has 2 aliphatic rings. The Morgan fingerprint density at radius 1 is 1.11 bits per heavy atom. The van der Waals surface area contributed by atoms with Gasteiger partial charge < -0.3 is 14.9 Å². The number of aromatic nitrogens is 3. The number of nitrogens with zero attached hydrogens (tertiary/aromatic N) is 7. The Bertz CT molecular complexity index is 1340. The monoisotopic (exact) mass is 523 g/mol. The van der Waals surface area contributed by atoms with E-state index in [-0.39, 0.29) is 24.6 Å². The fourth-order valence-corrected chi connectivity index (χ4v) is 5.05. The molecule has 198 valence electrons. The SMILES string of the molecule is C=Nc1ccc(N2C[C@@H](F)C[C@@H]2c2cc(F)ccc2F)nc1/C(=N\C)c1cnc(N2CCC(O)CC2)nc1. The summed E-state index contributed by atoms with van der Waals surface area (Å²) in [6.45, 7) is 4.96. The number of piperidine rings is 1. The van der Waals surface area contributed by atoms with Gasteiger partial charge in [-0.1, -0.05) is 0 Å². The standard InChI is InChI=1S/C27H28F3N7O/c1-31-22-5-6-24(37-15-18(29)12-23(37)20-11-17(28)3-4-21(20)30)35-26(22)25(32-2)16-13-33-27(34-14-16)36-9-7-19(38)8-10-36/h3-6,11,13-14,18-19,23,38H,1,7-10,12,15H2,2H3/b32-25-/t18-,23+/m0/s1. The number of aliphatic hydroxyl groups excluding tert-OH is 1. The Morgan fingerprint density at radius 2 is 1.84 bits per heavy atom. The van der Waals surface area contributed by atoms with Gasteiger partial charge in [0.15, 0.2) is 0 Å². The van der Waals surface area contributed by atoms with Gasteiger partial charge in [0.25, 0.3) is 0 Å². The maximum atomic E-state index is 14.6. The van der Waals surface area contributed by atoms with E-state index < -0.39 is 23.8 Å². The number of aliphatic hydroxyl groups is 1. The fraction of sp³-hybridized carbons (Fsp3) is 0.370. The van der Waals surface area contributed by atoms with E-state index in [0.29, 0.717) is 60.4 Å². The van der Waals surface area contributed by atoms with Crippen molar-refractivity contribution in [2.75, 3.05) is 36.5 Å². The molecular formula is C27H28F3N7O. The van der Waals surface area contributed by atoms with Gasteiger partial charge in [0.1, 0.15) is 29.3 Å². The van der Waals surface area contributed by atoms with Crippen LogP contribution in [0.1, 0.15) is 42.1 Å². The topological polar surface area (TPSA) is 90.1 Å². The number of rotatable bonds is 6. The summed E-state index contributed by atoms with van der Waals surface area (Å²) in [5.74, 6) is -0.248. The highest BCUT2D eigenvalue weighted by molar-refractivity contribution is 6.14. The number of aliphatic imine (C=N–C) groups is 2. The number of halogens is 3. The molecule has 38 heavy (non-hydrogen) atoms. The van der Waals surface area contributed by atoms with Gasteiger partial charge in [-0.3, -0.25) is 9.98 Å². The van der Waals surface area contributed by atoms with E-state index in [4.69, 9.17) is 4.98 Å². The van der Waals surface area contributed by atoms with E-state index in [2.05, 4.69) is 26.7 Å². The molecule has 2 fully saturated rings. The Morgan fingerprint density at radius 3 is 2.53 bits per heavy atom. The largest absolute Gasteiger partial charge is 0.393 e. The maximum absolute atomic E-state index is 14.6. The van der Waals surface area contributed by atoms with Crippen molar-refractivity contribution in [3.8, 4) is 0 Å². The van der Waals surface area contributed by atoms with Crippen LogP contribution in [0.3, 0.4) is 0 Å². The molecule has 2 atom stereocenters. The van der Waals surface area contributed by atoms with Gasteiger partial charge in [-0.15, -0.1) is 0 Å². The van der Waals surface area contributed by atoms with Crippen LogP contribution >= 0.6 is 0 Å². The highest BCUT2D eigenvalue weighted by Gasteiger charge is 2.36. The normalized spacial score (nSPS) is 20.7. The van der Waals surface area contributed by atoms with Crippen LogP contribution < -0.4 is 9.80 Å². The minimum atomic E-state index is -1.23. The van der Waals surface area contributed by atoms with E-state index >= 15 is 0 Å². The average Bonchev–Trinajstić information content (AvgIpc) is 3.32. The molecule has 11 heteroatoms. The first-order valence-corrected chi connectivity index (χ1v) is 12.4. The molecule has 0 saturated carbocycles. The summed E-state index contributed by atoms with van der Waals surface area (Å²) in [5, 5.41) is 9.76. The highest BCUT2D eigenvalue weighted by Crippen LogP contribution is 2.39. The molecule has 4 heterocycles. The van der Waals surface area contributed by atoms with Crippen LogP contribution in [0.15, 0.2) is 52.7 Å². The lowest BCUT2D eigenvalue weighted by Gasteiger charge is -2.29. The zero-order valence-electron chi connectivity index (χ0n) is 20.9. The van der Waals surface area contributed by atoms with E-state index in [1.165, 1.54) is 0 Å². The van der Waals surface area contributed by atoms with Crippen LogP contribution in [-0.4, -0.2) is 71.4 Å². The summed E-state index contributed by atoms with van der Waals surface area (Å²) in [4.78, 5) is 25.9. The minimum Gasteiger partial charge on any atom is -0.393 e. The number of alkyl halides is 1. The molecule has 5 rings (SSSR count). The molecule has 3 aromatic rings. The third kappa shape index (κ3) is 5.10. The number of hydrogen-bond donors (Lipinski definition) is 1. The smallest absolute Gasteiger partial charge is 0.225 e. The van der Waals surface area contributed by atoms with Crippen molar-refractivity contribution >= 4 is 29.9 Å². The van der Waals surface area contributed by atoms with Crippen molar-refractivity contribution < 1.29 is 18.3 Å². The third-order valence-electron chi connectivity index (χ3n) is 7.00. The van der Waals surface area contributed by atoms with Gasteiger partial charge >= 0.3 is 0 Å². The lowest BCUT2D eigenvalue weighted by molar-refractivity contribution is 0.145. The van der Waals surface area contributed by atoms with Crippen LogP contribution in [0.25, 0.3) is 0 Å². The summed E-state index contributed by atoms with van der Waals surface area (Å²) < 4.78 is 43.2. The van der Waals surface area contributed by atoms with Gasteiger partial charge in [-0.25, -0.2) is 28.1 Å². The third-order valence-corrected chi connectivity index (χ3v) is 7.00. The maximum Gasteiger partial charge on any atom is 0.225 e. The molecular weight excluding hydrogens is 495 g/mol. The lowest BCUT2D eigenvalue weighted by Crippen LogP contribution is -2.36. The highest BCUT2D eigenvalue weighted by atomic mass is 19.1. The van der Waals surface area contributed by atoms with E-state index in [9.17, 15) is 18.3 Å². The zero-order chi connectivity index (χ0) is 26.8. The Hall–Kier alpha value is -3.86. The molecule has 0 bridgehead atoms. The first-order chi connectivity index (χ1) is 18.4. The van der Waals surface area contributed by atoms with Crippen molar-refractivity contribution in [1.29, 1.82) is 0 Å². The predicted molar refractivity (Wildman–Crippen MR) is 140 cm³/mol. The molecule has 0 radical (unpaired) electrons. The molecule has 1 aromatic carbocycles. The van der Waals surface area contributed by atoms with Crippen LogP contribution in [0.4, 0.5) is 30.6 Å². The van der Waals surface area contributed by atoms with Crippen molar-refractivity contribution in [3.63, 3.8) is 0 Å². The van der Waals surface area contributed by atoms with Crippen molar-refractivity contribution in [1.82, 2.24) is 15.0 Å². The fourth-order valence-electron chi connectivity index (χ4n) is 5.05. The van der Waals surface area contributed by atoms with Crippen molar-refractivity contribution in [2.45, 2.75) is 37.6 Å². The molecule has 1 N–H and O–H groups in total. The molecule has 2 saturated heterocycles. The first-order valence-electron chi connectivity index (χ1n) is 12.4. The summed E-state index contributed by atoms with van der Waals surface area (Å²) in [6.07, 6.45) is 3.10. The van der Waals surface area contributed by atoms with Crippen molar-refractivity contribution in [2.24, 2.45) is 9.98 Å². The Labute approximate surface area is 218 Å². The number of hydrogen-bond acceptors (Lipinski definition) is 8. The van der Waals surface area contributed by atoms with Crippen LogP contribution in [0.2, 0.25) is 0 Å². The summed E-state index contributed by atoms with van der Waals surface area (Å²) in [6, 6.07) is 5.82. The van der Waals surface area contributed by atoms with E-state index in [1.807, 2.05) is 4.90 Å². The van der Waals surface area contributed by atoms with Crippen molar-refractivity contribution in [3.05, 3.63) is 71.2 Å². The average molecular weight is 524 g/mol. The second-order valence-corrected chi connectivity index (χ2v) is 9.42. The predicted octanol–water partition coefficient (Wildman–Crippen LogP) is 4.20. The van der Waals surface area contributed by atoms with Crippen LogP contribution in [0.5, 0.6) is 0 Å². The second-order valence-electron chi connectivity index (χ2n) is 9.42. The molecule has 8 nitrogen and oxygen atoms in total. The summed E-state index contributed by atoms with van der Waals surface area (Å²) in [5.41, 5.74) is 1.98. The van der Waals surface area contributed by atoms with Crippen LogP contribution in [-0.2, 0) is 0 Å². The quantitative estimate of drug-likeness (QED) is 0.487. The first kappa shape index (κ1) is 25.8. The Balaban J connectivity index is 1.47. The van der Waals surface area contributed by atoms with E-state index in [1.54, 1.807) is 36.5 Å². The molecule has 0 amide bonds. The van der Waals surface area contributed by atoms with E-state index in [0.717, 1.165) is 18.2 Å². The van der Waals surface area contributed by atoms with Gasteiger partial charge in [0, 0.05) is 50.1 Å². The van der Waals surface area contributed by atoms with Gasteiger partial charge in [0.05, 0.1) is 30.1 Å². The number of pyridine rings is 1.